The van der Waals surface area contributed by atoms with E-state index in [1.165, 1.54) is 0 Å². The van der Waals surface area contributed by atoms with Crippen molar-refractivity contribution in [2.24, 2.45) is 11.7 Å². The number of hydrogen-bond donors (Lipinski definition) is 1. The highest BCUT2D eigenvalue weighted by molar-refractivity contribution is 5.96. The SMILES string of the molecule is Cc1nc2cc(N(C)C(=O)C(C)CN)ccc2o1. The first-order chi connectivity index (χ1) is 8.52. The minimum atomic E-state index is -0.190. The highest BCUT2D eigenvalue weighted by Gasteiger charge is 2.18. The minimum Gasteiger partial charge on any atom is -0.441 e. The normalized spacial score (nSPS) is 12.7. The quantitative estimate of drug-likeness (QED) is 0.895. The monoisotopic (exact) mass is 247 g/mol. The van der Waals surface area contributed by atoms with E-state index < -0.39 is 0 Å². The zero-order chi connectivity index (χ0) is 13.3. The van der Waals surface area contributed by atoms with Crippen molar-refractivity contribution in [1.82, 2.24) is 4.98 Å². The maximum absolute atomic E-state index is 12.0. The molecule has 0 bridgehead atoms. The van der Waals surface area contributed by atoms with Gasteiger partial charge in [0.2, 0.25) is 5.91 Å². The fourth-order valence-corrected chi connectivity index (χ4v) is 1.80. The third-order valence-corrected chi connectivity index (χ3v) is 2.97. The summed E-state index contributed by atoms with van der Waals surface area (Å²) < 4.78 is 5.40. The van der Waals surface area contributed by atoms with Gasteiger partial charge in [0.05, 0.1) is 0 Å². The van der Waals surface area contributed by atoms with Gasteiger partial charge in [0.15, 0.2) is 11.5 Å². The van der Waals surface area contributed by atoms with Crippen LogP contribution in [0, 0.1) is 12.8 Å². The summed E-state index contributed by atoms with van der Waals surface area (Å²) in [5.74, 6) is 0.424. The van der Waals surface area contributed by atoms with Gasteiger partial charge in [-0.15, -0.1) is 0 Å². The molecule has 2 N–H and O–H groups in total. The lowest BCUT2D eigenvalue weighted by Crippen LogP contribution is -2.35. The van der Waals surface area contributed by atoms with E-state index in [0.29, 0.717) is 12.4 Å². The molecule has 18 heavy (non-hydrogen) atoms. The number of fused-ring (bicyclic) bond motifs is 1. The molecule has 1 unspecified atom stereocenters. The van der Waals surface area contributed by atoms with Gasteiger partial charge in [0.25, 0.3) is 0 Å². The molecule has 1 atom stereocenters. The number of aromatic nitrogens is 1. The Labute approximate surface area is 106 Å². The maximum atomic E-state index is 12.0. The number of nitrogens with two attached hydrogens (primary N) is 1. The van der Waals surface area contributed by atoms with Crippen LogP contribution in [0.5, 0.6) is 0 Å². The molecule has 96 valence electrons. The lowest BCUT2D eigenvalue weighted by atomic mass is 10.1. The van der Waals surface area contributed by atoms with Crippen LogP contribution in [0.3, 0.4) is 0 Å². The van der Waals surface area contributed by atoms with E-state index in [9.17, 15) is 4.79 Å². The number of rotatable bonds is 3. The second-order valence-electron chi connectivity index (χ2n) is 4.42. The van der Waals surface area contributed by atoms with Crippen LogP contribution in [0.4, 0.5) is 5.69 Å². The molecule has 2 rings (SSSR count). The number of anilines is 1. The van der Waals surface area contributed by atoms with Crippen LogP contribution in [0.2, 0.25) is 0 Å². The summed E-state index contributed by atoms with van der Waals surface area (Å²) in [5, 5.41) is 0. The molecule has 0 saturated carbocycles. The molecule has 1 amide bonds. The highest BCUT2D eigenvalue weighted by atomic mass is 16.3. The summed E-state index contributed by atoms with van der Waals surface area (Å²) in [4.78, 5) is 17.9. The van der Waals surface area contributed by atoms with Crippen LogP contribution in [0.1, 0.15) is 12.8 Å². The molecular formula is C13H17N3O2. The maximum Gasteiger partial charge on any atom is 0.230 e. The van der Waals surface area contributed by atoms with Gasteiger partial charge in [-0.1, -0.05) is 6.92 Å². The van der Waals surface area contributed by atoms with Crippen molar-refractivity contribution in [3.8, 4) is 0 Å². The van der Waals surface area contributed by atoms with E-state index in [0.717, 1.165) is 16.8 Å². The van der Waals surface area contributed by atoms with E-state index in [1.807, 2.05) is 25.1 Å². The fraction of sp³-hybridized carbons (Fsp3) is 0.385. The lowest BCUT2D eigenvalue weighted by Gasteiger charge is -2.20. The predicted octanol–water partition coefficient (Wildman–Crippen LogP) is 1.69. The van der Waals surface area contributed by atoms with Crippen LogP contribution in [0.25, 0.3) is 11.1 Å². The average Bonchev–Trinajstić information content (AvgIpc) is 2.74. The van der Waals surface area contributed by atoms with Crippen molar-refractivity contribution in [2.75, 3.05) is 18.5 Å². The molecule has 0 radical (unpaired) electrons. The Morgan fingerprint density at radius 1 is 1.56 bits per heavy atom. The van der Waals surface area contributed by atoms with Gasteiger partial charge in [-0.3, -0.25) is 4.79 Å². The van der Waals surface area contributed by atoms with Gasteiger partial charge in [0, 0.05) is 32.1 Å². The smallest absolute Gasteiger partial charge is 0.230 e. The molecule has 5 nitrogen and oxygen atoms in total. The first kappa shape index (κ1) is 12.6. The van der Waals surface area contributed by atoms with Gasteiger partial charge in [-0.25, -0.2) is 4.98 Å². The Morgan fingerprint density at radius 2 is 2.28 bits per heavy atom. The highest BCUT2D eigenvalue weighted by Crippen LogP contribution is 2.22. The summed E-state index contributed by atoms with van der Waals surface area (Å²) in [6.45, 7) is 3.96. The number of benzene rings is 1. The largest absolute Gasteiger partial charge is 0.441 e. The van der Waals surface area contributed by atoms with Crippen molar-refractivity contribution in [3.63, 3.8) is 0 Å². The number of nitrogens with zero attached hydrogens (tertiary/aromatic N) is 2. The minimum absolute atomic E-state index is 0.00272. The molecule has 0 spiro atoms. The van der Waals surface area contributed by atoms with Gasteiger partial charge < -0.3 is 15.1 Å². The number of hydrogen-bond acceptors (Lipinski definition) is 4. The van der Waals surface area contributed by atoms with Gasteiger partial charge in [-0.2, -0.15) is 0 Å². The number of carbonyl (C=O) groups excluding carboxylic acids is 1. The molecular weight excluding hydrogens is 230 g/mol. The lowest BCUT2D eigenvalue weighted by molar-refractivity contribution is -0.121. The topological polar surface area (TPSA) is 72.4 Å². The second kappa shape index (κ2) is 4.78. The molecule has 0 aliphatic rings. The third kappa shape index (κ3) is 2.22. The summed E-state index contributed by atoms with van der Waals surface area (Å²) in [6.07, 6.45) is 0. The Hall–Kier alpha value is -1.88. The molecule has 0 aliphatic heterocycles. The molecule has 0 aliphatic carbocycles. The summed E-state index contributed by atoms with van der Waals surface area (Å²) in [7, 11) is 1.74. The summed E-state index contributed by atoms with van der Waals surface area (Å²) in [5.41, 5.74) is 7.78. The van der Waals surface area contributed by atoms with Crippen molar-refractivity contribution in [1.29, 1.82) is 0 Å². The van der Waals surface area contributed by atoms with Gasteiger partial charge >= 0.3 is 0 Å². The number of oxazole rings is 1. The van der Waals surface area contributed by atoms with E-state index in [-0.39, 0.29) is 11.8 Å². The van der Waals surface area contributed by atoms with E-state index >= 15 is 0 Å². The van der Waals surface area contributed by atoms with Crippen molar-refractivity contribution in [2.45, 2.75) is 13.8 Å². The van der Waals surface area contributed by atoms with Crippen molar-refractivity contribution < 1.29 is 9.21 Å². The average molecular weight is 247 g/mol. The number of carbonyl (C=O) groups is 1. The summed E-state index contributed by atoms with van der Waals surface area (Å²) >= 11 is 0. The van der Waals surface area contributed by atoms with Crippen molar-refractivity contribution in [3.05, 3.63) is 24.1 Å². The first-order valence-corrected chi connectivity index (χ1v) is 5.87. The molecule has 0 fully saturated rings. The standard InChI is InChI=1S/C13H17N3O2/c1-8(7-14)13(17)16(3)10-4-5-12-11(6-10)15-9(2)18-12/h4-6,8H,7,14H2,1-3H3. The van der Waals surface area contributed by atoms with Crippen LogP contribution >= 0.6 is 0 Å². The Bertz CT molecular complexity index is 577. The van der Waals surface area contributed by atoms with Crippen molar-refractivity contribution >= 4 is 22.7 Å². The predicted molar refractivity (Wildman–Crippen MR) is 70.4 cm³/mol. The summed E-state index contributed by atoms with van der Waals surface area (Å²) in [6, 6.07) is 5.50. The molecule has 2 aromatic rings. The van der Waals surface area contributed by atoms with Crippen LogP contribution in [-0.2, 0) is 4.79 Å². The zero-order valence-electron chi connectivity index (χ0n) is 10.8. The number of aryl methyl sites for hydroxylation is 1. The molecule has 1 heterocycles. The zero-order valence-corrected chi connectivity index (χ0v) is 10.8. The van der Waals surface area contributed by atoms with E-state index in [2.05, 4.69) is 4.98 Å². The van der Waals surface area contributed by atoms with Gasteiger partial charge in [-0.05, 0) is 18.2 Å². The van der Waals surface area contributed by atoms with Crippen LogP contribution < -0.4 is 10.6 Å². The first-order valence-electron chi connectivity index (χ1n) is 5.87. The molecule has 1 aromatic carbocycles. The third-order valence-electron chi connectivity index (χ3n) is 2.97. The van der Waals surface area contributed by atoms with Crippen LogP contribution in [-0.4, -0.2) is 24.5 Å². The van der Waals surface area contributed by atoms with Crippen LogP contribution in [0.15, 0.2) is 22.6 Å². The second-order valence-corrected chi connectivity index (χ2v) is 4.42. The van der Waals surface area contributed by atoms with E-state index in [4.69, 9.17) is 10.2 Å². The molecule has 1 aromatic heterocycles. The Kier molecular flexibility index (Phi) is 3.34. The fourth-order valence-electron chi connectivity index (χ4n) is 1.80. The molecule has 0 saturated heterocycles. The van der Waals surface area contributed by atoms with Gasteiger partial charge in [0.1, 0.15) is 5.52 Å². The molecule has 5 heteroatoms. The number of amides is 1. The van der Waals surface area contributed by atoms with E-state index in [1.54, 1.807) is 18.9 Å². The Morgan fingerprint density at radius 3 is 2.94 bits per heavy atom. The Balaban J connectivity index is 2.32.